The minimum Gasteiger partial charge on any atom is -0.454 e. The summed E-state index contributed by atoms with van der Waals surface area (Å²) in [6, 6.07) is 14.0. The molecule has 0 aliphatic rings. The lowest BCUT2D eigenvalue weighted by atomic mass is 10.1. The number of anilines is 1. The van der Waals surface area contributed by atoms with Crippen molar-refractivity contribution in [3.8, 4) is 11.3 Å². The van der Waals surface area contributed by atoms with Gasteiger partial charge < -0.3 is 10.5 Å². The van der Waals surface area contributed by atoms with Gasteiger partial charge in [-0.25, -0.2) is 9.18 Å². The minimum atomic E-state index is -0.765. The molecule has 1 heterocycles. The number of Topliss-reactive ketones (excluding diaryl/α,β-unsaturated/α-hetero) is 1. The van der Waals surface area contributed by atoms with E-state index in [0.717, 1.165) is 0 Å². The van der Waals surface area contributed by atoms with Gasteiger partial charge in [-0.2, -0.15) is 5.10 Å². The number of nitrogens with two attached hydrogens (primary N) is 1. The molecule has 2 N–H and O–H groups in total. The molecule has 0 amide bonds. The SMILES string of the molecule is Cn1nc(-c2ccc(F)cc2)c(C(=O)OCC(=O)c2ccccc2)c1N. The number of hydrogen-bond acceptors (Lipinski definition) is 5. The van der Waals surface area contributed by atoms with Gasteiger partial charge in [-0.1, -0.05) is 30.3 Å². The third-order valence-electron chi connectivity index (χ3n) is 3.84. The van der Waals surface area contributed by atoms with Crippen molar-refractivity contribution >= 4 is 17.6 Å². The molecule has 0 atom stereocenters. The second-order valence-electron chi connectivity index (χ2n) is 5.60. The van der Waals surface area contributed by atoms with Crippen LogP contribution in [0.3, 0.4) is 0 Å². The molecular weight excluding hydrogens is 337 g/mol. The van der Waals surface area contributed by atoms with Crippen molar-refractivity contribution in [1.82, 2.24) is 9.78 Å². The van der Waals surface area contributed by atoms with Crippen LogP contribution in [0.2, 0.25) is 0 Å². The minimum absolute atomic E-state index is 0.0416. The fourth-order valence-electron chi connectivity index (χ4n) is 2.46. The second kappa shape index (κ2) is 7.18. The molecule has 0 saturated heterocycles. The molecule has 0 bridgehead atoms. The highest BCUT2D eigenvalue weighted by Gasteiger charge is 2.24. The molecule has 3 rings (SSSR count). The third kappa shape index (κ3) is 3.46. The van der Waals surface area contributed by atoms with E-state index >= 15 is 0 Å². The Balaban J connectivity index is 1.83. The number of halogens is 1. The zero-order valence-electron chi connectivity index (χ0n) is 14.0. The van der Waals surface area contributed by atoms with Gasteiger partial charge in [0.05, 0.1) is 0 Å². The molecule has 3 aromatic rings. The Kier molecular flexibility index (Phi) is 4.79. The van der Waals surface area contributed by atoms with Crippen molar-refractivity contribution in [3.05, 3.63) is 71.5 Å². The molecule has 26 heavy (non-hydrogen) atoms. The maximum absolute atomic E-state index is 13.1. The molecule has 0 aliphatic carbocycles. The van der Waals surface area contributed by atoms with Gasteiger partial charge in [-0.3, -0.25) is 9.48 Å². The summed E-state index contributed by atoms with van der Waals surface area (Å²) in [5.41, 5.74) is 7.19. The molecule has 0 aliphatic heterocycles. The third-order valence-corrected chi connectivity index (χ3v) is 3.84. The molecule has 0 fully saturated rings. The molecule has 0 saturated carbocycles. The van der Waals surface area contributed by atoms with E-state index < -0.39 is 18.4 Å². The lowest BCUT2D eigenvalue weighted by molar-refractivity contribution is 0.0476. The van der Waals surface area contributed by atoms with Crippen molar-refractivity contribution in [2.45, 2.75) is 0 Å². The summed E-state index contributed by atoms with van der Waals surface area (Å²) in [4.78, 5) is 24.6. The van der Waals surface area contributed by atoms with E-state index in [1.54, 1.807) is 37.4 Å². The maximum Gasteiger partial charge on any atom is 0.344 e. The molecule has 0 spiro atoms. The molecular formula is C19H16FN3O3. The molecule has 132 valence electrons. The second-order valence-corrected chi connectivity index (χ2v) is 5.60. The highest BCUT2D eigenvalue weighted by Crippen LogP contribution is 2.27. The number of carbonyl (C=O) groups is 2. The summed E-state index contributed by atoms with van der Waals surface area (Å²) in [5, 5.41) is 4.20. The van der Waals surface area contributed by atoms with Crippen LogP contribution >= 0.6 is 0 Å². The summed E-state index contributed by atoms with van der Waals surface area (Å²) < 4.78 is 19.6. The lowest BCUT2D eigenvalue weighted by Gasteiger charge is -2.06. The fraction of sp³-hybridized carbons (Fsp3) is 0.105. The van der Waals surface area contributed by atoms with E-state index in [4.69, 9.17) is 10.5 Å². The van der Waals surface area contributed by atoms with E-state index in [1.165, 1.54) is 28.9 Å². The quantitative estimate of drug-likeness (QED) is 0.563. The fourth-order valence-corrected chi connectivity index (χ4v) is 2.46. The standard InChI is InChI=1S/C19H16FN3O3/c1-23-18(21)16(17(22-23)13-7-9-14(20)10-8-13)19(25)26-11-15(24)12-5-3-2-4-6-12/h2-10H,11,21H2,1H3. The van der Waals surface area contributed by atoms with Crippen LogP contribution in [-0.4, -0.2) is 28.1 Å². The van der Waals surface area contributed by atoms with Gasteiger partial charge in [0, 0.05) is 18.2 Å². The Labute approximate surface area is 149 Å². The number of aromatic nitrogens is 2. The van der Waals surface area contributed by atoms with Gasteiger partial charge in [0.2, 0.25) is 0 Å². The Bertz CT molecular complexity index is 950. The maximum atomic E-state index is 13.1. The number of nitrogen functional groups attached to an aromatic ring is 1. The van der Waals surface area contributed by atoms with Crippen molar-refractivity contribution in [3.63, 3.8) is 0 Å². The van der Waals surface area contributed by atoms with Gasteiger partial charge in [-0.15, -0.1) is 0 Å². The highest BCUT2D eigenvalue weighted by atomic mass is 19.1. The smallest absolute Gasteiger partial charge is 0.344 e. The van der Waals surface area contributed by atoms with Crippen LogP contribution in [0.15, 0.2) is 54.6 Å². The zero-order valence-corrected chi connectivity index (χ0v) is 14.0. The number of nitrogens with zero attached hydrogens (tertiary/aromatic N) is 2. The van der Waals surface area contributed by atoms with Gasteiger partial charge >= 0.3 is 5.97 Å². The monoisotopic (exact) mass is 353 g/mol. The van der Waals surface area contributed by atoms with E-state index in [2.05, 4.69) is 5.10 Å². The number of rotatable bonds is 5. The van der Waals surface area contributed by atoms with Crippen LogP contribution in [-0.2, 0) is 11.8 Å². The predicted octanol–water partition coefficient (Wildman–Crippen LogP) is 2.85. The summed E-state index contributed by atoms with van der Waals surface area (Å²) in [6.45, 7) is -0.417. The Hall–Kier alpha value is -3.48. The van der Waals surface area contributed by atoms with Crippen molar-refractivity contribution in [2.24, 2.45) is 7.05 Å². The number of ether oxygens (including phenoxy) is 1. The van der Waals surface area contributed by atoms with Crippen LogP contribution in [0, 0.1) is 5.82 Å². The topological polar surface area (TPSA) is 87.2 Å². The van der Waals surface area contributed by atoms with E-state index in [1.807, 2.05) is 0 Å². The predicted molar refractivity (Wildman–Crippen MR) is 94.1 cm³/mol. The number of esters is 1. The average molecular weight is 353 g/mol. The largest absolute Gasteiger partial charge is 0.454 e. The first-order valence-electron chi connectivity index (χ1n) is 7.81. The normalized spacial score (nSPS) is 10.5. The molecule has 7 heteroatoms. The summed E-state index contributed by atoms with van der Waals surface area (Å²) >= 11 is 0. The first-order valence-corrected chi connectivity index (χ1v) is 7.81. The number of benzene rings is 2. The Morgan fingerprint density at radius 3 is 2.42 bits per heavy atom. The molecule has 0 radical (unpaired) electrons. The molecule has 1 aromatic heterocycles. The molecule has 6 nitrogen and oxygen atoms in total. The number of aryl methyl sites for hydroxylation is 1. The summed E-state index contributed by atoms with van der Waals surface area (Å²) in [7, 11) is 1.58. The molecule has 2 aromatic carbocycles. The molecule has 0 unspecified atom stereocenters. The van der Waals surface area contributed by atoms with E-state index in [9.17, 15) is 14.0 Å². The van der Waals surface area contributed by atoms with Crippen molar-refractivity contribution < 1.29 is 18.7 Å². The van der Waals surface area contributed by atoms with Gasteiger partial charge in [0.15, 0.2) is 12.4 Å². The number of ketones is 1. The van der Waals surface area contributed by atoms with Crippen LogP contribution in [0.25, 0.3) is 11.3 Å². The van der Waals surface area contributed by atoms with Crippen LogP contribution in [0.1, 0.15) is 20.7 Å². The highest BCUT2D eigenvalue weighted by molar-refractivity contribution is 6.03. The summed E-state index contributed by atoms with van der Waals surface area (Å²) in [5.74, 6) is -1.40. The van der Waals surface area contributed by atoms with Gasteiger partial charge in [0.1, 0.15) is 22.9 Å². The lowest BCUT2D eigenvalue weighted by Crippen LogP contribution is -2.15. The first kappa shape index (κ1) is 17.3. The van der Waals surface area contributed by atoms with Crippen molar-refractivity contribution in [1.29, 1.82) is 0 Å². The number of carbonyl (C=O) groups excluding carboxylic acids is 2. The Morgan fingerprint density at radius 2 is 1.77 bits per heavy atom. The average Bonchev–Trinajstić information content (AvgIpc) is 2.95. The van der Waals surface area contributed by atoms with Crippen LogP contribution < -0.4 is 5.73 Å². The van der Waals surface area contributed by atoms with E-state index in [0.29, 0.717) is 11.1 Å². The van der Waals surface area contributed by atoms with E-state index in [-0.39, 0.29) is 22.9 Å². The Morgan fingerprint density at radius 1 is 1.12 bits per heavy atom. The first-order chi connectivity index (χ1) is 12.5. The van der Waals surface area contributed by atoms with Gasteiger partial charge in [0.25, 0.3) is 0 Å². The van der Waals surface area contributed by atoms with Crippen LogP contribution in [0.5, 0.6) is 0 Å². The van der Waals surface area contributed by atoms with Crippen LogP contribution in [0.4, 0.5) is 10.2 Å². The van der Waals surface area contributed by atoms with Gasteiger partial charge in [-0.05, 0) is 24.3 Å². The summed E-state index contributed by atoms with van der Waals surface area (Å²) in [6.07, 6.45) is 0. The zero-order chi connectivity index (χ0) is 18.7. The van der Waals surface area contributed by atoms with Crippen molar-refractivity contribution in [2.75, 3.05) is 12.3 Å². The number of hydrogen-bond donors (Lipinski definition) is 1.